The minimum atomic E-state index is -0.160. The lowest BCUT2D eigenvalue weighted by atomic mass is 9.79. The highest BCUT2D eigenvalue weighted by molar-refractivity contribution is 5.58. The van der Waals surface area contributed by atoms with Gasteiger partial charge in [-0.2, -0.15) is 0 Å². The summed E-state index contributed by atoms with van der Waals surface area (Å²) in [6.45, 7) is 12.6. The van der Waals surface area contributed by atoms with Crippen LogP contribution >= 0.6 is 0 Å². The molecule has 1 rings (SSSR count). The fraction of sp³-hybridized carbons (Fsp3) is 0.500. The lowest BCUT2D eigenvalue weighted by Gasteiger charge is -2.26. The van der Waals surface area contributed by atoms with Crippen molar-refractivity contribution in [2.45, 2.75) is 58.8 Å². The Labute approximate surface area is 122 Å². The van der Waals surface area contributed by atoms with Crippen LogP contribution in [0, 0.1) is 11.8 Å². The summed E-state index contributed by atoms with van der Waals surface area (Å²) in [4.78, 5) is 10.4. The van der Waals surface area contributed by atoms with Gasteiger partial charge in [-0.3, -0.25) is 0 Å². The number of phenolic OH excluding ortho intramolecular Hbond substituents is 1. The third-order valence-electron chi connectivity index (χ3n) is 3.19. The fourth-order valence-corrected chi connectivity index (χ4v) is 1.92. The molecule has 0 saturated carbocycles. The molecule has 0 amide bonds. The number of carbonyl (C=O) groups excluding carboxylic acids is 1. The summed E-state index contributed by atoms with van der Waals surface area (Å²) in [6.07, 6.45) is 0.951. The predicted octanol–water partition coefficient (Wildman–Crippen LogP) is 3.93. The zero-order valence-corrected chi connectivity index (χ0v) is 13.3. The van der Waals surface area contributed by atoms with Crippen molar-refractivity contribution in [3.63, 3.8) is 0 Å². The van der Waals surface area contributed by atoms with E-state index in [0.29, 0.717) is 5.56 Å². The molecule has 1 aromatic rings. The Kier molecular flexibility index (Phi) is 4.65. The van der Waals surface area contributed by atoms with Gasteiger partial charge >= 0.3 is 0 Å². The average molecular weight is 272 g/mol. The van der Waals surface area contributed by atoms with E-state index in [4.69, 9.17) is 0 Å². The van der Waals surface area contributed by atoms with Crippen molar-refractivity contribution in [2.24, 2.45) is 0 Å². The predicted molar refractivity (Wildman–Crippen MR) is 83.1 cm³/mol. The maximum absolute atomic E-state index is 10.4. The van der Waals surface area contributed by atoms with Crippen molar-refractivity contribution in [2.75, 3.05) is 0 Å². The van der Waals surface area contributed by atoms with Crippen molar-refractivity contribution in [1.82, 2.24) is 0 Å². The molecule has 0 heterocycles. The number of hydrogen-bond acceptors (Lipinski definition) is 2. The molecule has 2 nitrogen and oxygen atoms in total. The second-order valence-electron chi connectivity index (χ2n) is 7.09. The molecule has 0 aliphatic rings. The molecule has 2 heteroatoms. The Hall–Kier alpha value is -1.75. The van der Waals surface area contributed by atoms with Gasteiger partial charge in [-0.05, 0) is 22.5 Å². The molecular weight excluding hydrogens is 248 g/mol. The Morgan fingerprint density at radius 1 is 1.10 bits per heavy atom. The summed E-state index contributed by atoms with van der Waals surface area (Å²) < 4.78 is 0. The fourth-order valence-electron chi connectivity index (χ4n) is 1.92. The van der Waals surface area contributed by atoms with Crippen molar-refractivity contribution < 1.29 is 9.90 Å². The number of carbonyl (C=O) groups is 1. The van der Waals surface area contributed by atoms with Crippen LogP contribution in [0.25, 0.3) is 0 Å². The quantitative estimate of drug-likeness (QED) is 0.621. The Morgan fingerprint density at radius 3 is 2.15 bits per heavy atom. The van der Waals surface area contributed by atoms with Crippen LogP contribution in [0.3, 0.4) is 0 Å². The first-order valence-electron chi connectivity index (χ1n) is 6.88. The van der Waals surface area contributed by atoms with Gasteiger partial charge in [-0.25, -0.2) is 0 Å². The Morgan fingerprint density at radius 2 is 1.70 bits per heavy atom. The first-order valence-corrected chi connectivity index (χ1v) is 6.88. The maximum Gasteiger partial charge on any atom is 0.134 e. The van der Waals surface area contributed by atoms with E-state index in [1.807, 2.05) is 6.07 Å². The smallest absolute Gasteiger partial charge is 0.134 e. The molecule has 0 radical (unpaired) electrons. The van der Waals surface area contributed by atoms with Gasteiger partial charge in [-0.1, -0.05) is 59.4 Å². The van der Waals surface area contributed by atoms with Gasteiger partial charge in [0.1, 0.15) is 12.0 Å². The molecule has 108 valence electrons. The van der Waals surface area contributed by atoms with Gasteiger partial charge in [-0.15, -0.1) is 0 Å². The molecule has 0 saturated heterocycles. The molecule has 0 aliphatic carbocycles. The first kappa shape index (κ1) is 16.3. The lowest BCUT2D eigenvalue weighted by molar-refractivity contribution is -0.107. The summed E-state index contributed by atoms with van der Waals surface area (Å²) in [5.74, 6) is 5.90. The molecule has 0 unspecified atom stereocenters. The Bertz CT molecular complexity index is 558. The van der Waals surface area contributed by atoms with E-state index in [0.717, 1.165) is 17.4 Å². The molecule has 0 fully saturated rings. The van der Waals surface area contributed by atoms with Gasteiger partial charge < -0.3 is 9.90 Å². The normalized spacial score (nSPS) is 11.7. The monoisotopic (exact) mass is 272 g/mol. The van der Waals surface area contributed by atoms with E-state index in [-0.39, 0.29) is 23.0 Å². The van der Waals surface area contributed by atoms with Crippen LogP contribution in [0.2, 0.25) is 0 Å². The van der Waals surface area contributed by atoms with Crippen LogP contribution < -0.4 is 0 Å². The second-order valence-corrected chi connectivity index (χ2v) is 7.09. The molecule has 0 atom stereocenters. The standard InChI is InChI=1S/C18H24O2/c1-17(2,3)14-11-13(9-7-8-10-19)16(20)15(12-14)18(4,5)6/h10-12,20H,8H2,1-6H3. The van der Waals surface area contributed by atoms with Crippen LogP contribution in [0.15, 0.2) is 12.1 Å². The largest absolute Gasteiger partial charge is 0.506 e. The van der Waals surface area contributed by atoms with E-state index in [2.05, 4.69) is 59.4 Å². The van der Waals surface area contributed by atoms with Crippen molar-refractivity contribution in [1.29, 1.82) is 0 Å². The van der Waals surface area contributed by atoms with Crippen molar-refractivity contribution >= 4 is 6.29 Å². The summed E-state index contributed by atoms with van der Waals surface area (Å²) in [7, 11) is 0. The lowest BCUT2D eigenvalue weighted by Crippen LogP contribution is -2.17. The average Bonchev–Trinajstić information content (AvgIpc) is 2.28. The molecule has 0 spiro atoms. The van der Waals surface area contributed by atoms with E-state index < -0.39 is 0 Å². The number of rotatable bonds is 1. The van der Waals surface area contributed by atoms with Crippen molar-refractivity contribution in [3.05, 3.63) is 28.8 Å². The summed E-state index contributed by atoms with van der Waals surface area (Å²) >= 11 is 0. The van der Waals surface area contributed by atoms with E-state index in [1.54, 1.807) is 0 Å². The molecule has 20 heavy (non-hydrogen) atoms. The first-order chi connectivity index (χ1) is 9.07. The number of benzene rings is 1. The van der Waals surface area contributed by atoms with Crippen LogP contribution in [0.5, 0.6) is 5.75 Å². The minimum Gasteiger partial charge on any atom is -0.506 e. The zero-order valence-electron chi connectivity index (χ0n) is 13.3. The topological polar surface area (TPSA) is 37.3 Å². The molecule has 1 aromatic carbocycles. The van der Waals surface area contributed by atoms with Crippen LogP contribution in [-0.2, 0) is 15.6 Å². The van der Waals surface area contributed by atoms with Crippen LogP contribution in [-0.4, -0.2) is 11.4 Å². The number of aldehydes is 1. The van der Waals surface area contributed by atoms with Gasteiger partial charge in [0.25, 0.3) is 0 Å². The molecule has 1 N–H and O–H groups in total. The van der Waals surface area contributed by atoms with Gasteiger partial charge in [0.15, 0.2) is 0 Å². The van der Waals surface area contributed by atoms with E-state index in [1.165, 1.54) is 0 Å². The van der Waals surface area contributed by atoms with E-state index >= 15 is 0 Å². The summed E-state index contributed by atoms with van der Waals surface area (Å²) in [6, 6.07) is 3.97. The molecule has 0 bridgehead atoms. The third kappa shape index (κ3) is 3.87. The zero-order chi connectivity index (χ0) is 15.6. The highest BCUT2D eigenvalue weighted by Gasteiger charge is 2.24. The molecule has 0 aliphatic heterocycles. The van der Waals surface area contributed by atoms with Gasteiger partial charge in [0.05, 0.1) is 12.0 Å². The van der Waals surface area contributed by atoms with Crippen LogP contribution in [0.4, 0.5) is 0 Å². The minimum absolute atomic E-state index is 0.0191. The summed E-state index contributed by atoms with van der Waals surface area (Å²) in [5, 5.41) is 10.4. The third-order valence-corrected chi connectivity index (χ3v) is 3.19. The van der Waals surface area contributed by atoms with Gasteiger partial charge in [0.2, 0.25) is 0 Å². The highest BCUT2D eigenvalue weighted by atomic mass is 16.3. The second kappa shape index (κ2) is 5.71. The molecular formula is C18H24O2. The van der Waals surface area contributed by atoms with Crippen LogP contribution in [0.1, 0.15) is 64.7 Å². The van der Waals surface area contributed by atoms with E-state index in [9.17, 15) is 9.90 Å². The number of hydrogen-bond donors (Lipinski definition) is 1. The molecule has 0 aromatic heterocycles. The van der Waals surface area contributed by atoms with Crippen molar-refractivity contribution in [3.8, 4) is 17.6 Å². The SMILES string of the molecule is CC(C)(C)c1cc(C#CCC=O)c(O)c(C(C)(C)C)c1. The maximum atomic E-state index is 10.4. The van der Waals surface area contributed by atoms with Gasteiger partial charge in [0, 0.05) is 5.56 Å². The summed E-state index contributed by atoms with van der Waals surface area (Å²) in [5.41, 5.74) is 2.45. The number of phenols is 1. The number of aromatic hydroxyl groups is 1. The highest BCUT2D eigenvalue weighted by Crippen LogP contribution is 2.37. The Balaban J connectivity index is 3.52.